The highest BCUT2D eigenvalue weighted by molar-refractivity contribution is 7.17. The third kappa shape index (κ3) is 3.68. The lowest BCUT2D eigenvalue weighted by Gasteiger charge is -2.30. The zero-order valence-electron chi connectivity index (χ0n) is 15.6. The molecule has 2 aromatic rings. The summed E-state index contributed by atoms with van der Waals surface area (Å²) in [7, 11) is 0. The molecule has 1 fully saturated rings. The van der Waals surface area contributed by atoms with Crippen molar-refractivity contribution in [3.63, 3.8) is 0 Å². The second-order valence-corrected chi connectivity index (χ2v) is 8.04. The van der Waals surface area contributed by atoms with E-state index in [1.165, 1.54) is 23.5 Å². The Hall–Kier alpha value is -2.98. The molecule has 29 heavy (non-hydrogen) atoms. The fraction of sp³-hybridized carbons (Fsp3) is 0.368. The van der Waals surface area contributed by atoms with Crippen LogP contribution in [0.2, 0.25) is 0 Å². The van der Waals surface area contributed by atoms with E-state index < -0.39 is 16.7 Å². The summed E-state index contributed by atoms with van der Waals surface area (Å²) >= 11 is 1.35. The van der Waals surface area contributed by atoms with Crippen LogP contribution in [0, 0.1) is 10.1 Å². The topological polar surface area (TPSA) is 128 Å². The molecule has 152 valence electrons. The molecule has 0 radical (unpaired) electrons. The van der Waals surface area contributed by atoms with Gasteiger partial charge in [0, 0.05) is 30.1 Å². The Morgan fingerprint density at radius 2 is 2.00 bits per heavy atom. The number of fused-ring (bicyclic) bond motifs is 1. The van der Waals surface area contributed by atoms with Crippen LogP contribution < -0.4 is 16.0 Å². The molecule has 2 aliphatic rings. The number of nitrogens with two attached hydrogens (primary N) is 1. The number of thiophene rings is 1. The molecule has 1 aliphatic heterocycles. The Labute approximate surface area is 170 Å². The maximum Gasteiger partial charge on any atom is 0.270 e. The van der Waals surface area contributed by atoms with Crippen LogP contribution in [0.4, 0.5) is 16.4 Å². The summed E-state index contributed by atoms with van der Waals surface area (Å²) < 4.78 is 5.36. The number of hydrogen-bond acceptors (Lipinski definition) is 7. The number of nitro groups is 1. The number of hydrogen-bond donors (Lipinski definition) is 2. The van der Waals surface area contributed by atoms with Gasteiger partial charge in [0.15, 0.2) is 0 Å². The minimum atomic E-state index is -0.577. The number of nitrogens with one attached hydrogen (secondary N) is 1. The molecule has 4 rings (SSSR count). The van der Waals surface area contributed by atoms with Gasteiger partial charge in [-0.1, -0.05) is 0 Å². The Morgan fingerprint density at radius 3 is 2.69 bits per heavy atom. The van der Waals surface area contributed by atoms with Crippen LogP contribution in [0.1, 0.15) is 37.6 Å². The van der Waals surface area contributed by atoms with Gasteiger partial charge in [-0.05, 0) is 30.9 Å². The van der Waals surface area contributed by atoms with Crippen LogP contribution in [0.25, 0.3) is 0 Å². The lowest BCUT2D eigenvalue weighted by Crippen LogP contribution is -2.37. The van der Waals surface area contributed by atoms with Crippen LogP contribution in [0.3, 0.4) is 0 Å². The van der Waals surface area contributed by atoms with E-state index in [0.717, 1.165) is 29.7 Å². The smallest absolute Gasteiger partial charge is 0.270 e. The number of aryl methyl sites for hydroxylation is 1. The Morgan fingerprint density at radius 1 is 1.24 bits per heavy atom. The third-order valence-electron chi connectivity index (χ3n) is 5.18. The van der Waals surface area contributed by atoms with Gasteiger partial charge in [0.2, 0.25) is 0 Å². The largest absolute Gasteiger partial charge is 0.378 e. The van der Waals surface area contributed by atoms with Gasteiger partial charge in [-0.3, -0.25) is 19.7 Å². The number of carbonyl (C=O) groups is 2. The van der Waals surface area contributed by atoms with E-state index >= 15 is 0 Å². The second kappa shape index (κ2) is 7.80. The van der Waals surface area contributed by atoms with Crippen LogP contribution in [0.15, 0.2) is 18.2 Å². The van der Waals surface area contributed by atoms with E-state index in [4.69, 9.17) is 10.5 Å². The number of nitro benzene ring substituents is 1. The molecule has 0 spiro atoms. The molecule has 3 N–H and O–H groups in total. The first-order valence-electron chi connectivity index (χ1n) is 9.32. The first-order valence-corrected chi connectivity index (χ1v) is 10.1. The Balaban J connectivity index is 1.70. The summed E-state index contributed by atoms with van der Waals surface area (Å²) in [6.45, 7) is 2.19. The van der Waals surface area contributed by atoms with Crippen molar-refractivity contribution in [3.8, 4) is 0 Å². The van der Waals surface area contributed by atoms with Crippen LogP contribution in [0.5, 0.6) is 0 Å². The molecule has 0 bridgehead atoms. The number of anilines is 2. The number of rotatable bonds is 5. The van der Waals surface area contributed by atoms with Crippen molar-refractivity contribution in [2.45, 2.75) is 19.3 Å². The zero-order valence-corrected chi connectivity index (χ0v) is 16.4. The van der Waals surface area contributed by atoms with E-state index in [1.54, 1.807) is 6.07 Å². The highest BCUT2D eigenvalue weighted by atomic mass is 32.1. The first-order chi connectivity index (χ1) is 14.0. The standard InChI is InChI=1S/C19H20N4O5S/c20-17(24)16-12-2-1-3-15(12)29-19(16)21-18(25)13-10-11(23(26)27)4-5-14(13)22-6-8-28-9-7-22/h4-5,10H,1-3,6-9H2,(H2,20,24)(H,21,25). The minimum absolute atomic E-state index is 0.170. The molecule has 2 amide bonds. The van der Waals surface area contributed by atoms with Crippen LogP contribution in [-0.2, 0) is 17.6 Å². The monoisotopic (exact) mass is 416 g/mol. The molecule has 1 saturated heterocycles. The lowest BCUT2D eigenvalue weighted by molar-refractivity contribution is -0.384. The molecule has 9 nitrogen and oxygen atoms in total. The molecule has 0 unspecified atom stereocenters. The van der Waals surface area contributed by atoms with E-state index in [1.807, 2.05) is 4.90 Å². The highest BCUT2D eigenvalue weighted by Crippen LogP contribution is 2.39. The molecule has 10 heteroatoms. The number of nitrogens with zero attached hydrogens (tertiary/aromatic N) is 2. The quantitative estimate of drug-likeness (QED) is 0.569. The summed E-state index contributed by atoms with van der Waals surface area (Å²) in [6.07, 6.45) is 2.57. The maximum atomic E-state index is 13.1. The molecular formula is C19H20N4O5S. The first kappa shape index (κ1) is 19.3. The van der Waals surface area contributed by atoms with E-state index in [2.05, 4.69) is 5.32 Å². The second-order valence-electron chi connectivity index (χ2n) is 6.94. The maximum absolute atomic E-state index is 13.1. The number of amides is 2. The third-order valence-corrected chi connectivity index (χ3v) is 6.39. The average molecular weight is 416 g/mol. The van der Waals surface area contributed by atoms with Crippen molar-refractivity contribution in [2.24, 2.45) is 5.73 Å². The van der Waals surface area contributed by atoms with E-state index in [9.17, 15) is 19.7 Å². The predicted octanol–water partition coefficient (Wildman–Crippen LogP) is 2.33. The molecular weight excluding hydrogens is 396 g/mol. The van der Waals surface area contributed by atoms with Gasteiger partial charge >= 0.3 is 0 Å². The van der Waals surface area contributed by atoms with E-state index in [0.29, 0.717) is 42.6 Å². The average Bonchev–Trinajstić information content (AvgIpc) is 3.28. The SMILES string of the molecule is NC(=O)c1c(NC(=O)c2cc([N+](=O)[O-])ccc2N2CCOCC2)sc2c1CCC2. The van der Waals surface area contributed by atoms with E-state index in [-0.39, 0.29) is 11.3 Å². The minimum Gasteiger partial charge on any atom is -0.378 e. The van der Waals surface area contributed by atoms with Gasteiger partial charge in [0.05, 0.1) is 35.0 Å². The number of primary amides is 1. The number of non-ortho nitro benzene ring substituents is 1. The zero-order chi connectivity index (χ0) is 20.5. The van der Waals surface area contributed by atoms with Crippen molar-refractivity contribution in [3.05, 3.63) is 49.9 Å². The van der Waals surface area contributed by atoms with Gasteiger partial charge in [-0.15, -0.1) is 11.3 Å². The molecule has 1 aliphatic carbocycles. The Bertz CT molecular complexity index is 997. The van der Waals surface area contributed by atoms with Crippen molar-refractivity contribution in [1.29, 1.82) is 0 Å². The van der Waals surface area contributed by atoms with Gasteiger partial charge in [-0.25, -0.2) is 0 Å². The van der Waals surface area contributed by atoms with Crippen LogP contribution in [-0.4, -0.2) is 43.0 Å². The summed E-state index contributed by atoms with van der Waals surface area (Å²) in [5, 5.41) is 14.4. The molecule has 0 saturated carbocycles. The predicted molar refractivity (Wildman–Crippen MR) is 109 cm³/mol. The van der Waals surface area contributed by atoms with Crippen molar-refractivity contribution in [2.75, 3.05) is 36.5 Å². The summed E-state index contributed by atoms with van der Waals surface area (Å²) in [6, 6.07) is 4.24. The fourth-order valence-electron chi connectivity index (χ4n) is 3.82. The fourth-order valence-corrected chi connectivity index (χ4v) is 5.11. The van der Waals surface area contributed by atoms with Gasteiger partial charge < -0.3 is 20.7 Å². The van der Waals surface area contributed by atoms with Gasteiger partial charge in [-0.2, -0.15) is 0 Å². The van der Waals surface area contributed by atoms with Gasteiger partial charge in [0.1, 0.15) is 5.00 Å². The van der Waals surface area contributed by atoms with Crippen molar-refractivity contribution < 1.29 is 19.2 Å². The Kier molecular flexibility index (Phi) is 5.20. The number of ether oxygens (including phenoxy) is 1. The summed E-state index contributed by atoms with van der Waals surface area (Å²) in [5.74, 6) is -1.08. The molecule has 1 aromatic carbocycles. The van der Waals surface area contributed by atoms with Crippen LogP contribution >= 0.6 is 11.3 Å². The molecule has 1 aromatic heterocycles. The highest BCUT2D eigenvalue weighted by Gasteiger charge is 2.28. The molecule has 0 atom stereocenters. The summed E-state index contributed by atoms with van der Waals surface area (Å²) in [5.41, 5.74) is 7.44. The lowest BCUT2D eigenvalue weighted by atomic mass is 10.1. The normalized spacial score (nSPS) is 15.8. The van der Waals surface area contributed by atoms with Gasteiger partial charge in [0.25, 0.3) is 17.5 Å². The van der Waals surface area contributed by atoms with Crippen molar-refractivity contribution in [1.82, 2.24) is 0 Å². The van der Waals surface area contributed by atoms with Crippen molar-refractivity contribution >= 4 is 39.5 Å². The number of morpholine rings is 1. The molecule has 2 heterocycles. The number of benzene rings is 1. The number of carbonyl (C=O) groups excluding carboxylic acids is 2. The summed E-state index contributed by atoms with van der Waals surface area (Å²) in [4.78, 5) is 38.8.